The topological polar surface area (TPSA) is 103 Å². The summed E-state index contributed by atoms with van der Waals surface area (Å²) >= 11 is 0. The van der Waals surface area contributed by atoms with E-state index in [0.29, 0.717) is 42.3 Å². The van der Waals surface area contributed by atoms with E-state index in [2.05, 4.69) is 34.1 Å². The lowest BCUT2D eigenvalue weighted by Crippen LogP contribution is -2.49. The van der Waals surface area contributed by atoms with Crippen LogP contribution in [0.4, 0.5) is 11.6 Å². The normalized spacial score (nSPS) is 22.6. The van der Waals surface area contributed by atoms with Crippen molar-refractivity contribution < 1.29 is 9.53 Å². The summed E-state index contributed by atoms with van der Waals surface area (Å²) in [6.07, 6.45) is 2.23. The molecule has 2 aliphatic heterocycles. The maximum atomic E-state index is 11.9. The van der Waals surface area contributed by atoms with Gasteiger partial charge in [-0.3, -0.25) is 4.79 Å². The van der Waals surface area contributed by atoms with Crippen LogP contribution in [0, 0.1) is 17.2 Å². The number of nitrogens with one attached hydrogen (secondary N) is 2. The first-order chi connectivity index (χ1) is 11.1. The van der Waals surface area contributed by atoms with Crippen LogP contribution in [0.15, 0.2) is 18.8 Å². The molecule has 1 fully saturated rings. The van der Waals surface area contributed by atoms with E-state index < -0.39 is 0 Å². The van der Waals surface area contributed by atoms with Crippen molar-refractivity contribution in [1.82, 2.24) is 14.9 Å². The Hall–Kier alpha value is -2.82. The SMILES string of the molecule is C=C1Nc2ncnc(NC3CN(C(=O)CC#N)CCC3C)c2O1. The van der Waals surface area contributed by atoms with E-state index in [9.17, 15) is 4.79 Å². The largest absolute Gasteiger partial charge is 0.434 e. The number of nitriles is 1. The lowest BCUT2D eigenvalue weighted by molar-refractivity contribution is -0.131. The van der Waals surface area contributed by atoms with Crippen molar-refractivity contribution in [2.75, 3.05) is 23.7 Å². The van der Waals surface area contributed by atoms with Crippen LogP contribution in [0.2, 0.25) is 0 Å². The van der Waals surface area contributed by atoms with Crippen molar-refractivity contribution in [2.45, 2.75) is 25.8 Å². The Balaban J connectivity index is 1.74. The number of likely N-dealkylation sites (tertiary alicyclic amines) is 1. The van der Waals surface area contributed by atoms with Crippen LogP contribution >= 0.6 is 0 Å². The predicted molar refractivity (Wildman–Crippen MR) is 83.4 cm³/mol. The van der Waals surface area contributed by atoms with Gasteiger partial charge in [0.25, 0.3) is 0 Å². The number of fused-ring (bicyclic) bond motifs is 1. The number of amides is 1. The Labute approximate surface area is 134 Å². The fourth-order valence-corrected chi connectivity index (χ4v) is 2.78. The molecule has 2 atom stereocenters. The minimum Gasteiger partial charge on any atom is -0.434 e. The van der Waals surface area contributed by atoms with Gasteiger partial charge in [-0.25, -0.2) is 9.97 Å². The Morgan fingerprint density at radius 2 is 2.48 bits per heavy atom. The third-order valence-electron chi connectivity index (χ3n) is 4.15. The van der Waals surface area contributed by atoms with Crippen LogP contribution in [-0.4, -0.2) is 39.9 Å². The van der Waals surface area contributed by atoms with E-state index in [1.807, 2.05) is 6.07 Å². The highest BCUT2D eigenvalue weighted by atomic mass is 16.5. The standard InChI is InChI=1S/C15H18N6O2/c1-9-4-6-21(12(22)3-5-16)7-11(9)20-15-13-14(17-8-18-15)19-10(2)23-13/h8-9,11H,2-4,6-7H2,1H3,(H2,17,18,19,20). The molecule has 2 unspecified atom stereocenters. The molecule has 0 aliphatic carbocycles. The summed E-state index contributed by atoms with van der Waals surface area (Å²) in [5.74, 6) is 2.31. The lowest BCUT2D eigenvalue weighted by atomic mass is 9.93. The second-order valence-electron chi connectivity index (χ2n) is 5.74. The number of piperidine rings is 1. The van der Waals surface area contributed by atoms with Crippen LogP contribution in [-0.2, 0) is 4.79 Å². The van der Waals surface area contributed by atoms with E-state index in [1.54, 1.807) is 4.90 Å². The van der Waals surface area contributed by atoms with Gasteiger partial charge in [-0.2, -0.15) is 5.26 Å². The fourth-order valence-electron chi connectivity index (χ4n) is 2.78. The van der Waals surface area contributed by atoms with Crippen LogP contribution in [0.25, 0.3) is 0 Å². The molecule has 1 aromatic rings. The van der Waals surface area contributed by atoms with Crippen LogP contribution in [0.1, 0.15) is 19.8 Å². The molecule has 1 saturated heterocycles. The van der Waals surface area contributed by atoms with Crippen LogP contribution < -0.4 is 15.4 Å². The first-order valence-corrected chi connectivity index (χ1v) is 7.48. The van der Waals surface area contributed by atoms with Gasteiger partial charge in [0.05, 0.1) is 6.07 Å². The molecule has 2 N–H and O–H groups in total. The van der Waals surface area contributed by atoms with Gasteiger partial charge in [-0.05, 0) is 18.9 Å². The van der Waals surface area contributed by atoms with E-state index in [4.69, 9.17) is 10.00 Å². The number of aromatic nitrogens is 2. The average Bonchev–Trinajstić information content (AvgIpc) is 2.91. The number of hydrogen-bond acceptors (Lipinski definition) is 7. The fraction of sp³-hybridized carbons (Fsp3) is 0.467. The number of carbonyl (C=O) groups excluding carboxylic acids is 1. The maximum Gasteiger partial charge on any atom is 0.236 e. The molecule has 0 aromatic carbocycles. The van der Waals surface area contributed by atoms with E-state index in [0.717, 1.165) is 6.42 Å². The minimum absolute atomic E-state index is 0.0304. The van der Waals surface area contributed by atoms with Crippen molar-refractivity contribution in [2.24, 2.45) is 5.92 Å². The molecule has 8 heteroatoms. The van der Waals surface area contributed by atoms with E-state index in [1.165, 1.54) is 6.33 Å². The molecule has 0 bridgehead atoms. The molecule has 8 nitrogen and oxygen atoms in total. The zero-order chi connectivity index (χ0) is 16.4. The number of hydrogen-bond donors (Lipinski definition) is 2. The van der Waals surface area contributed by atoms with Gasteiger partial charge < -0.3 is 20.3 Å². The van der Waals surface area contributed by atoms with Crippen molar-refractivity contribution in [3.05, 3.63) is 18.8 Å². The molecule has 2 aliphatic rings. The molecule has 23 heavy (non-hydrogen) atoms. The van der Waals surface area contributed by atoms with Gasteiger partial charge in [0.15, 0.2) is 17.5 Å². The highest BCUT2D eigenvalue weighted by molar-refractivity contribution is 5.78. The summed E-state index contributed by atoms with van der Waals surface area (Å²) in [6.45, 7) is 7.06. The van der Waals surface area contributed by atoms with E-state index in [-0.39, 0.29) is 18.4 Å². The van der Waals surface area contributed by atoms with Gasteiger partial charge in [0, 0.05) is 19.1 Å². The van der Waals surface area contributed by atoms with Crippen LogP contribution in [0.5, 0.6) is 5.75 Å². The second-order valence-corrected chi connectivity index (χ2v) is 5.74. The zero-order valence-electron chi connectivity index (χ0n) is 12.9. The van der Waals surface area contributed by atoms with Gasteiger partial charge in [0.1, 0.15) is 12.7 Å². The molecule has 3 rings (SSSR count). The van der Waals surface area contributed by atoms with Gasteiger partial charge in [-0.15, -0.1) is 0 Å². The summed E-state index contributed by atoms with van der Waals surface area (Å²) in [4.78, 5) is 22.0. The Morgan fingerprint density at radius 3 is 3.26 bits per heavy atom. The van der Waals surface area contributed by atoms with Gasteiger partial charge in [0.2, 0.25) is 11.7 Å². The van der Waals surface area contributed by atoms with Gasteiger partial charge in [-0.1, -0.05) is 6.92 Å². The Bertz CT molecular complexity index is 683. The number of anilines is 2. The number of ether oxygens (including phenoxy) is 1. The Kier molecular flexibility index (Phi) is 4.02. The highest BCUT2D eigenvalue weighted by Crippen LogP contribution is 2.37. The number of carbonyl (C=O) groups is 1. The van der Waals surface area contributed by atoms with Crippen LogP contribution in [0.3, 0.4) is 0 Å². The summed E-state index contributed by atoms with van der Waals surface area (Å²) in [5.41, 5.74) is 0. The third-order valence-corrected chi connectivity index (χ3v) is 4.15. The van der Waals surface area contributed by atoms with Crippen molar-refractivity contribution >= 4 is 17.5 Å². The van der Waals surface area contributed by atoms with Crippen molar-refractivity contribution in [3.8, 4) is 11.8 Å². The number of nitrogens with zero attached hydrogens (tertiary/aromatic N) is 4. The third kappa shape index (κ3) is 3.04. The molecular formula is C15H18N6O2. The lowest BCUT2D eigenvalue weighted by Gasteiger charge is -2.37. The molecule has 1 aromatic heterocycles. The summed E-state index contributed by atoms with van der Waals surface area (Å²) in [7, 11) is 0. The molecule has 3 heterocycles. The average molecular weight is 314 g/mol. The predicted octanol–water partition coefficient (Wildman–Crippen LogP) is 1.31. The van der Waals surface area contributed by atoms with Crippen molar-refractivity contribution in [3.63, 3.8) is 0 Å². The summed E-state index contributed by atoms with van der Waals surface area (Å²) in [5, 5.41) is 15.0. The second kappa shape index (κ2) is 6.12. The first kappa shape index (κ1) is 15.1. The minimum atomic E-state index is -0.134. The molecule has 0 radical (unpaired) electrons. The molecule has 0 saturated carbocycles. The molecule has 0 spiro atoms. The molecular weight excluding hydrogens is 296 g/mol. The zero-order valence-corrected chi connectivity index (χ0v) is 12.9. The molecule has 120 valence electrons. The summed E-state index contributed by atoms with van der Waals surface area (Å²) in [6, 6.07) is 1.94. The smallest absolute Gasteiger partial charge is 0.236 e. The van der Waals surface area contributed by atoms with Gasteiger partial charge >= 0.3 is 0 Å². The Morgan fingerprint density at radius 1 is 1.65 bits per heavy atom. The highest BCUT2D eigenvalue weighted by Gasteiger charge is 2.31. The first-order valence-electron chi connectivity index (χ1n) is 7.48. The molecule has 1 amide bonds. The monoisotopic (exact) mass is 314 g/mol. The van der Waals surface area contributed by atoms with E-state index >= 15 is 0 Å². The number of rotatable bonds is 3. The van der Waals surface area contributed by atoms with Crippen molar-refractivity contribution in [1.29, 1.82) is 5.26 Å². The summed E-state index contributed by atoms with van der Waals surface area (Å²) < 4.78 is 5.51. The maximum absolute atomic E-state index is 11.9. The quantitative estimate of drug-likeness (QED) is 0.867.